The van der Waals surface area contributed by atoms with Gasteiger partial charge in [-0.3, -0.25) is 19.3 Å². The highest BCUT2D eigenvalue weighted by Crippen LogP contribution is 2.38. The lowest BCUT2D eigenvalue weighted by molar-refractivity contribution is -0.163. The summed E-state index contributed by atoms with van der Waals surface area (Å²) < 4.78 is 52.4. The second kappa shape index (κ2) is 19.0. The molecule has 6 amide bonds. The molecule has 326 valence electrons. The number of nitrogens with one attached hydrogen (secondary N) is 1. The molecule has 16 nitrogen and oxygen atoms in total. The maximum atomic E-state index is 14.1. The minimum Gasteiger partial charge on any atom is -0.448 e. The lowest BCUT2D eigenvalue weighted by Gasteiger charge is -2.43. The van der Waals surface area contributed by atoms with E-state index >= 15 is 0 Å². The van der Waals surface area contributed by atoms with Crippen LogP contribution >= 0.6 is 11.6 Å². The van der Waals surface area contributed by atoms with Gasteiger partial charge in [0.2, 0.25) is 0 Å². The van der Waals surface area contributed by atoms with E-state index in [0.717, 1.165) is 17.3 Å². The van der Waals surface area contributed by atoms with Crippen molar-refractivity contribution in [3.63, 3.8) is 0 Å². The molecule has 1 atom stereocenters. The number of nitrogens with two attached hydrogens (primary N) is 1. The van der Waals surface area contributed by atoms with Gasteiger partial charge in [-0.15, -0.1) is 0 Å². The third kappa shape index (κ3) is 10.5. The fourth-order valence-electron chi connectivity index (χ4n) is 8.11. The van der Waals surface area contributed by atoms with Crippen molar-refractivity contribution in [2.24, 2.45) is 0 Å². The van der Waals surface area contributed by atoms with Gasteiger partial charge < -0.3 is 45.0 Å². The number of halogens is 4. The van der Waals surface area contributed by atoms with E-state index in [0.29, 0.717) is 51.7 Å². The largest absolute Gasteiger partial charge is 0.448 e. The maximum absolute atomic E-state index is 14.1. The van der Waals surface area contributed by atoms with E-state index in [2.05, 4.69) is 10.2 Å². The van der Waals surface area contributed by atoms with Crippen LogP contribution in [0.25, 0.3) is 0 Å². The number of fused-ring (bicyclic) bond motifs is 1. The number of likely N-dealkylation sites (N-methyl/N-ethyl adjacent to an activating group) is 1. The van der Waals surface area contributed by atoms with E-state index in [9.17, 15) is 41.9 Å². The molecule has 3 fully saturated rings. The molecule has 20 heteroatoms. The molecule has 0 unspecified atom stereocenters. The Bertz CT molecular complexity index is 1950. The molecule has 3 saturated heterocycles. The smallest absolute Gasteiger partial charge is 0.418 e. The minimum absolute atomic E-state index is 0.00711. The van der Waals surface area contributed by atoms with Crippen LogP contribution in [0.4, 0.5) is 34.1 Å². The summed E-state index contributed by atoms with van der Waals surface area (Å²) in [5.41, 5.74) is 5.65. The molecule has 4 heterocycles. The Morgan fingerprint density at radius 3 is 2.17 bits per heavy atom. The van der Waals surface area contributed by atoms with Gasteiger partial charge in [-0.1, -0.05) is 29.8 Å². The van der Waals surface area contributed by atoms with Crippen molar-refractivity contribution in [3.8, 4) is 0 Å². The van der Waals surface area contributed by atoms with Crippen LogP contribution in [-0.2, 0) is 47.7 Å². The summed E-state index contributed by atoms with van der Waals surface area (Å²) >= 11 is 6.12. The molecule has 2 aromatic rings. The zero-order chi connectivity index (χ0) is 43.3. The Hall–Kier alpha value is -5.30. The quantitative estimate of drug-likeness (QED) is 0.228. The molecule has 60 heavy (non-hydrogen) atoms. The average molecular weight is 863 g/mol. The van der Waals surface area contributed by atoms with Crippen LogP contribution in [0, 0.1) is 0 Å². The minimum atomic E-state index is -4.83. The molecular weight excluding hydrogens is 813 g/mol. The summed E-state index contributed by atoms with van der Waals surface area (Å²) in [4.78, 5) is 87.1. The average Bonchev–Trinajstić information content (AvgIpc) is 3.40. The lowest BCUT2D eigenvalue weighted by atomic mass is 10.0. The van der Waals surface area contributed by atoms with E-state index in [1.807, 2.05) is 24.3 Å². The number of carbonyl (C=O) groups is 6. The highest BCUT2D eigenvalue weighted by molar-refractivity contribution is 6.33. The number of nitrogens with zero attached hydrogens (tertiary/aromatic N) is 6. The Labute approximate surface area is 350 Å². The van der Waals surface area contributed by atoms with E-state index in [1.165, 1.54) is 39.8 Å². The topological polar surface area (TPSA) is 178 Å². The SMILES string of the molecule is CN(C)C(=O)COC(=O)C(=O)N1CCC(N2CCN(C(=O)[C@@H](Cc3cc(Cl)c(N)c(C(F)(F)F)c3)OC(=O)N3CCC(N4CCc5ccccc5NC4=O)CC3)CC2)CC1. The summed E-state index contributed by atoms with van der Waals surface area (Å²) in [5, 5.41) is 2.62. The normalized spacial score (nSPS) is 18.9. The predicted molar refractivity (Wildman–Crippen MR) is 213 cm³/mol. The Morgan fingerprint density at radius 1 is 0.883 bits per heavy atom. The molecule has 0 radical (unpaired) electrons. The number of hydrogen-bond donors (Lipinski definition) is 2. The maximum Gasteiger partial charge on any atom is 0.418 e. The number of esters is 1. The zero-order valence-electron chi connectivity index (χ0n) is 33.5. The molecule has 4 aliphatic rings. The van der Waals surface area contributed by atoms with Gasteiger partial charge in [-0.05, 0) is 61.4 Å². The van der Waals surface area contributed by atoms with Crippen LogP contribution in [-0.4, -0.2) is 163 Å². The van der Waals surface area contributed by atoms with Crippen LogP contribution in [0.1, 0.15) is 42.4 Å². The predicted octanol–water partition coefficient (Wildman–Crippen LogP) is 3.31. The van der Waals surface area contributed by atoms with Gasteiger partial charge in [0.05, 0.1) is 16.3 Å². The number of likely N-dealkylation sites (tertiary alicyclic amines) is 2. The van der Waals surface area contributed by atoms with Crippen molar-refractivity contribution >= 4 is 58.8 Å². The molecular formula is C40H50ClF3N8O8. The third-order valence-electron chi connectivity index (χ3n) is 11.6. The number of amides is 6. The lowest BCUT2D eigenvalue weighted by Crippen LogP contribution is -2.57. The van der Waals surface area contributed by atoms with Gasteiger partial charge >= 0.3 is 30.2 Å². The number of piperazine rings is 1. The highest BCUT2D eigenvalue weighted by Gasteiger charge is 2.39. The first kappa shape index (κ1) is 44.3. The van der Waals surface area contributed by atoms with E-state index in [-0.39, 0.29) is 68.0 Å². The van der Waals surface area contributed by atoms with Crippen LogP contribution in [0.2, 0.25) is 5.02 Å². The summed E-state index contributed by atoms with van der Waals surface area (Å²) in [6, 6.07) is 9.31. The number of ether oxygens (including phenoxy) is 2. The monoisotopic (exact) mass is 862 g/mol. The number of carbonyl (C=O) groups excluding carboxylic acids is 6. The Kier molecular flexibility index (Phi) is 14.0. The fourth-order valence-corrected chi connectivity index (χ4v) is 8.35. The molecule has 3 N–H and O–H groups in total. The number of piperidine rings is 2. The van der Waals surface area contributed by atoms with E-state index < -0.39 is 66.3 Å². The summed E-state index contributed by atoms with van der Waals surface area (Å²) in [6.07, 6.45) is -4.82. The standard InChI is InChI=1S/C40H50ClF3N8O8/c1-47(2)33(53)24-59-37(56)36(55)49-12-8-27(9-13-49)48-17-19-50(20-18-48)35(54)32(23-25-21-29(40(42,43)44)34(45)30(41)22-25)60-39(58)51-14-10-28(11-15-51)52-16-7-26-5-3-4-6-31(26)46-38(52)57/h3-6,21-22,27-28,32H,7-20,23-24,45H2,1-2H3,(H,46,57)/t32-/m1/s1. The van der Waals surface area contributed by atoms with Crippen molar-refractivity contribution < 1.29 is 51.4 Å². The van der Waals surface area contributed by atoms with Crippen molar-refractivity contribution in [1.82, 2.24) is 29.4 Å². The highest BCUT2D eigenvalue weighted by atomic mass is 35.5. The van der Waals surface area contributed by atoms with Crippen molar-refractivity contribution in [2.75, 3.05) is 90.7 Å². The number of urea groups is 1. The fraction of sp³-hybridized carbons (Fsp3) is 0.550. The number of para-hydroxylation sites is 1. The first-order valence-corrected chi connectivity index (χ1v) is 20.3. The van der Waals surface area contributed by atoms with Crippen LogP contribution in [0.5, 0.6) is 0 Å². The number of anilines is 2. The Morgan fingerprint density at radius 2 is 1.52 bits per heavy atom. The molecule has 2 aromatic carbocycles. The van der Waals surface area contributed by atoms with Gasteiger partial charge in [-0.2, -0.15) is 13.2 Å². The molecule has 0 aromatic heterocycles. The first-order chi connectivity index (χ1) is 28.5. The zero-order valence-corrected chi connectivity index (χ0v) is 34.3. The number of hydrogen-bond acceptors (Lipinski definition) is 10. The number of nitrogen functional groups attached to an aromatic ring is 1. The van der Waals surface area contributed by atoms with Crippen molar-refractivity contribution in [2.45, 2.75) is 62.9 Å². The van der Waals surface area contributed by atoms with Gasteiger partial charge in [0.1, 0.15) is 0 Å². The number of benzene rings is 2. The van der Waals surface area contributed by atoms with Gasteiger partial charge in [0, 0.05) is 97.2 Å². The van der Waals surface area contributed by atoms with Crippen LogP contribution < -0.4 is 11.1 Å². The second-order valence-corrected chi connectivity index (χ2v) is 16.0. The number of alkyl halides is 3. The van der Waals surface area contributed by atoms with Gasteiger partial charge in [0.25, 0.3) is 11.8 Å². The van der Waals surface area contributed by atoms with Crippen LogP contribution in [0.3, 0.4) is 0 Å². The summed E-state index contributed by atoms with van der Waals surface area (Å²) in [6.45, 7) is 2.36. The molecule has 6 rings (SSSR count). The number of rotatable bonds is 8. The first-order valence-electron chi connectivity index (χ1n) is 19.9. The molecule has 0 bridgehead atoms. The molecule has 0 spiro atoms. The van der Waals surface area contributed by atoms with E-state index in [4.69, 9.17) is 26.8 Å². The summed E-state index contributed by atoms with van der Waals surface area (Å²) in [5.74, 6) is -2.95. The Balaban J connectivity index is 1.06. The molecule has 4 aliphatic heterocycles. The summed E-state index contributed by atoms with van der Waals surface area (Å²) in [7, 11) is 3.01. The molecule has 0 saturated carbocycles. The second-order valence-electron chi connectivity index (χ2n) is 15.6. The molecule has 0 aliphatic carbocycles. The third-order valence-corrected chi connectivity index (χ3v) is 11.9. The van der Waals surface area contributed by atoms with Gasteiger partial charge in [0.15, 0.2) is 12.7 Å². The van der Waals surface area contributed by atoms with Crippen molar-refractivity contribution in [1.29, 1.82) is 0 Å². The van der Waals surface area contributed by atoms with Gasteiger partial charge in [-0.25, -0.2) is 14.4 Å². The van der Waals surface area contributed by atoms with Crippen molar-refractivity contribution in [3.05, 3.63) is 58.1 Å². The van der Waals surface area contributed by atoms with Crippen LogP contribution in [0.15, 0.2) is 36.4 Å². The van der Waals surface area contributed by atoms with E-state index in [1.54, 1.807) is 4.90 Å².